The SMILES string of the molecule is C#C[C@H](C[C@@H](OCc1ccc(OC)cc1)[C@@H](C)/C=C(\C)C[C@@H](O[Si](C)(C)C(C)(C)C)C1(OC)O[C@@H](C[C@H](CC[C@@H](O[Si](C)(C)C(C)(C)C)[C@H](O)CCCC)O[Si](C)(C)C(C)(C)C)CC[C@H]1O[Si](C)(C)C(C)(C)C)O[Si](C)(C)C(C)(C)C. The van der Waals surface area contributed by atoms with E-state index in [0.717, 1.165) is 55.4 Å². The number of aliphatic hydroxyl groups is 1. The van der Waals surface area contributed by atoms with E-state index in [4.69, 9.17) is 47.5 Å². The molecule has 1 N–H and O–H groups in total. The van der Waals surface area contributed by atoms with Gasteiger partial charge in [-0.3, -0.25) is 0 Å². The maximum Gasteiger partial charge on any atom is 0.219 e. The van der Waals surface area contributed by atoms with Crippen molar-refractivity contribution in [3.63, 3.8) is 0 Å². The lowest BCUT2D eigenvalue weighted by molar-refractivity contribution is -0.342. The van der Waals surface area contributed by atoms with Gasteiger partial charge < -0.3 is 46.2 Å². The summed E-state index contributed by atoms with van der Waals surface area (Å²) >= 11 is 0. The van der Waals surface area contributed by atoms with Gasteiger partial charge in [0.1, 0.15) is 24.1 Å². The molecule has 0 bridgehead atoms. The summed E-state index contributed by atoms with van der Waals surface area (Å²) < 4.78 is 64.3. The van der Waals surface area contributed by atoms with E-state index in [9.17, 15) is 5.11 Å². The Bertz CT molecular complexity index is 2100. The Morgan fingerprint density at radius 2 is 1.19 bits per heavy atom. The zero-order valence-electron chi connectivity index (χ0n) is 58.1. The fourth-order valence-corrected chi connectivity index (χ4v) is 16.0. The van der Waals surface area contributed by atoms with Crippen molar-refractivity contribution in [3.05, 3.63) is 41.5 Å². The van der Waals surface area contributed by atoms with E-state index < -0.39 is 71.8 Å². The smallest absolute Gasteiger partial charge is 0.219 e. The summed E-state index contributed by atoms with van der Waals surface area (Å²) in [7, 11) is -8.20. The van der Waals surface area contributed by atoms with Crippen molar-refractivity contribution in [1.29, 1.82) is 0 Å². The number of aliphatic hydroxyl groups excluding tert-OH is 1. The fraction of sp³-hybridized carbons (Fsp3) is 0.848. The van der Waals surface area contributed by atoms with Crippen molar-refractivity contribution >= 4 is 41.6 Å². The molecule has 1 fully saturated rings. The third kappa shape index (κ3) is 22.0. The highest BCUT2D eigenvalue weighted by atomic mass is 28.4. The topological polar surface area (TPSA) is 103 Å². The Hall–Kier alpha value is -0.956. The van der Waals surface area contributed by atoms with Gasteiger partial charge in [0, 0.05) is 25.6 Å². The zero-order valence-corrected chi connectivity index (χ0v) is 63.1. The van der Waals surface area contributed by atoms with Gasteiger partial charge in [0.15, 0.2) is 41.6 Å². The number of terminal acetylenes is 1. The standard InChI is InChI=1S/C66H128O10Si5/c1-32-34-35-56(67)57(74-79(26,27)63(11,12)13)42-40-55(73-78(24,25)62(8,9)10)46-54-41-43-59(75-80(28,29)64(14,15)16)66(69-21,71-54)60(76-81(30,31)65(17,18)19)45-49(3)44-50(4)58(70-48-51-36-38-53(68-20)39-37-51)47-52(33-2)72-77(22,23)61(5,6)7/h2,36-39,44,50,52,54-60,67H,32,34-35,40-43,45-48H2,1,3-31H3/b49-44+/t50-,52+,54+,55-,56+,57+,58+,59+,60+,66?/m0/s1. The van der Waals surface area contributed by atoms with Gasteiger partial charge in [-0.05, 0) is 160 Å². The molecule has 0 spiro atoms. The van der Waals surface area contributed by atoms with Gasteiger partial charge in [0.25, 0.3) is 0 Å². The van der Waals surface area contributed by atoms with E-state index in [1.54, 1.807) is 7.11 Å². The highest BCUT2D eigenvalue weighted by Gasteiger charge is 2.58. The molecule has 0 aromatic heterocycles. The Balaban J connectivity index is 2.93. The van der Waals surface area contributed by atoms with Crippen LogP contribution in [-0.4, -0.2) is 116 Å². The van der Waals surface area contributed by atoms with E-state index in [0.29, 0.717) is 32.3 Å². The van der Waals surface area contributed by atoms with E-state index in [-0.39, 0.29) is 55.5 Å². The molecule has 15 heteroatoms. The van der Waals surface area contributed by atoms with Crippen LogP contribution in [-0.2, 0) is 42.9 Å². The maximum absolute atomic E-state index is 11.9. The van der Waals surface area contributed by atoms with Gasteiger partial charge in [-0.1, -0.05) is 160 Å². The molecule has 1 saturated heterocycles. The molecular weight excluding hydrogens is 1090 g/mol. The maximum atomic E-state index is 11.9. The second kappa shape index (κ2) is 29.8. The summed E-state index contributed by atoms with van der Waals surface area (Å²) in [5, 5.41) is 11.7. The molecule has 1 aromatic carbocycles. The summed E-state index contributed by atoms with van der Waals surface area (Å²) in [5.74, 6) is 2.52. The first-order valence-corrected chi connectivity index (χ1v) is 45.8. The van der Waals surface area contributed by atoms with Gasteiger partial charge in [-0.15, -0.1) is 6.42 Å². The number of unbranched alkanes of at least 4 members (excludes halogenated alkanes) is 1. The summed E-state index contributed by atoms with van der Waals surface area (Å²) in [6, 6.07) is 8.07. The number of ether oxygens (including phenoxy) is 4. The summed E-state index contributed by atoms with van der Waals surface area (Å²) in [6.45, 7) is 64.6. The van der Waals surface area contributed by atoms with Crippen LogP contribution in [0.4, 0.5) is 0 Å². The van der Waals surface area contributed by atoms with Crippen molar-refractivity contribution < 1.29 is 46.2 Å². The monoisotopic (exact) mass is 1220 g/mol. The minimum Gasteiger partial charge on any atom is -0.497 e. The lowest BCUT2D eigenvalue weighted by atomic mass is 9.87. The van der Waals surface area contributed by atoms with E-state index in [1.807, 2.05) is 19.2 Å². The van der Waals surface area contributed by atoms with Crippen molar-refractivity contribution in [2.45, 2.75) is 341 Å². The summed E-state index contributed by atoms with van der Waals surface area (Å²) in [6.07, 6.45) is 13.3. The number of rotatable bonds is 31. The number of hydrogen-bond donors (Lipinski definition) is 1. The first-order valence-electron chi connectivity index (χ1n) is 31.2. The third-order valence-electron chi connectivity index (χ3n) is 20.0. The lowest BCUT2D eigenvalue weighted by Gasteiger charge is -2.54. The quantitative estimate of drug-likeness (QED) is 0.0439. The Kier molecular flexibility index (Phi) is 28.0. The Morgan fingerprint density at radius 1 is 0.691 bits per heavy atom. The van der Waals surface area contributed by atoms with Crippen molar-refractivity contribution in [2.24, 2.45) is 5.92 Å². The average molecular weight is 1220 g/mol. The molecule has 0 radical (unpaired) electrons. The van der Waals surface area contributed by atoms with Crippen LogP contribution in [0.25, 0.3) is 0 Å². The van der Waals surface area contributed by atoms with Crippen LogP contribution in [0.3, 0.4) is 0 Å². The Morgan fingerprint density at radius 3 is 1.65 bits per heavy atom. The molecule has 81 heavy (non-hydrogen) atoms. The van der Waals surface area contributed by atoms with Crippen LogP contribution in [0.1, 0.15) is 194 Å². The predicted molar refractivity (Wildman–Crippen MR) is 356 cm³/mol. The highest BCUT2D eigenvalue weighted by molar-refractivity contribution is 6.75. The minimum absolute atomic E-state index is 0.00176. The van der Waals surface area contributed by atoms with Crippen molar-refractivity contribution in [2.75, 3.05) is 14.2 Å². The summed E-state index contributed by atoms with van der Waals surface area (Å²) in [4.78, 5) is 0. The third-order valence-corrected chi connectivity index (χ3v) is 42.5. The van der Waals surface area contributed by atoms with Crippen LogP contribution in [0.2, 0.25) is 90.7 Å². The molecular formula is C66H128O10Si5. The van der Waals surface area contributed by atoms with Gasteiger partial charge >= 0.3 is 0 Å². The van der Waals surface area contributed by atoms with Crippen molar-refractivity contribution in [3.8, 4) is 18.1 Å². The molecule has 1 heterocycles. The van der Waals surface area contributed by atoms with Gasteiger partial charge in [-0.2, -0.15) is 0 Å². The van der Waals surface area contributed by atoms with E-state index in [2.05, 4.69) is 214 Å². The van der Waals surface area contributed by atoms with Crippen LogP contribution in [0, 0.1) is 18.3 Å². The minimum atomic E-state index is -2.53. The molecule has 472 valence electrons. The number of hydrogen-bond acceptors (Lipinski definition) is 10. The molecule has 1 unspecified atom stereocenters. The number of benzene rings is 1. The summed E-state index contributed by atoms with van der Waals surface area (Å²) in [5.41, 5.74) is 2.20. The Labute approximate surface area is 505 Å². The first kappa shape index (κ1) is 76.1. The van der Waals surface area contributed by atoms with Crippen LogP contribution in [0.5, 0.6) is 5.75 Å². The van der Waals surface area contributed by atoms with E-state index >= 15 is 0 Å². The normalized spacial score (nSPS) is 21.7. The van der Waals surface area contributed by atoms with Crippen LogP contribution >= 0.6 is 0 Å². The predicted octanol–water partition coefficient (Wildman–Crippen LogP) is 18.8. The molecule has 0 amide bonds. The molecule has 10 nitrogen and oxygen atoms in total. The molecule has 10 atom stereocenters. The van der Waals surface area contributed by atoms with Gasteiger partial charge in [0.05, 0.1) is 38.1 Å². The second-order valence-electron chi connectivity index (χ2n) is 32.0. The largest absolute Gasteiger partial charge is 0.497 e. The van der Waals surface area contributed by atoms with Crippen molar-refractivity contribution in [1.82, 2.24) is 0 Å². The average Bonchev–Trinajstić information content (AvgIpc) is 3.31. The first-order chi connectivity index (χ1) is 36.6. The van der Waals surface area contributed by atoms with Crippen LogP contribution in [0.15, 0.2) is 35.9 Å². The highest BCUT2D eigenvalue weighted by Crippen LogP contribution is 2.49. The molecule has 1 aliphatic rings. The van der Waals surface area contributed by atoms with Crippen LogP contribution < -0.4 is 4.74 Å². The lowest BCUT2D eigenvalue weighted by Crippen LogP contribution is -2.66. The molecule has 2 rings (SSSR count). The zero-order chi connectivity index (χ0) is 62.8. The molecule has 0 aliphatic carbocycles. The number of methoxy groups -OCH3 is 2. The fourth-order valence-electron chi connectivity index (χ4n) is 9.28. The van der Waals surface area contributed by atoms with E-state index in [1.165, 1.54) is 0 Å². The molecule has 1 aliphatic heterocycles. The molecule has 0 saturated carbocycles. The van der Waals surface area contributed by atoms with Gasteiger partial charge in [0.2, 0.25) is 5.79 Å². The van der Waals surface area contributed by atoms with Gasteiger partial charge in [-0.25, -0.2) is 0 Å². The molecule has 1 aromatic rings. The second-order valence-corrected chi connectivity index (χ2v) is 55.7.